The zero-order chi connectivity index (χ0) is 19.5. The molecule has 2 aromatic heterocycles. The van der Waals surface area contributed by atoms with Crippen LogP contribution in [0.1, 0.15) is 35.8 Å². The summed E-state index contributed by atoms with van der Waals surface area (Å²) < 4.78 is 10.6. The zero-order valence-corrected chi connectivity index (χ0v) is 16.0. The Labute approximate surface area is 163 Å². The average Bonchev–Trinajstić information content (AvgIpc) is 3.21. The van der Waals surface area contributed by atoms with E-state index in [9.17, 15) is 5.11 Å². The Hall–Kier alpha value is -3.00. The van der Waals surface area contributed by atoms with Crippen LogP contribution in [0.25, 0.3) is 11.6 Å². The molecule has 146 valence electrons. The second-order valence-electron chi connectivity index (χ2n) is 7.06. The Morgan fingerprint density at radius 1 is 1.21 bits per heavy atom. The van der Waals surface area contributed by atoms with Gasteiger partial charge in [0.15, 0.2) is 17.3 Å². The molecule has 1 aromatic carbocycles. The number of aromatic nitrogens is 4. The molecular formula is C20H23N5O3. The molecule has 0 aliphatic carbocycles. The van der Waals surface area contributed by atoms with Gasteiger partial charge in [0.1, 0.15) is 5.69 Å². The third-order valence-electron chi connectivity index (χ3n) is 5.04. The van der Waals surface area contributed by atoms with Gasteiger partial charge >= 0.3 is 0 Å². The van der Waals surface area contributed by atoms with Crippen molar-refractivity contribution in [2.75, 3.05) is 20.2 Å². The van der Waals surface area contributed by atoms with Gasteiger partial charge in [-0.15, -0.1) is 0 Å². The second-order valence-corrected chi connectivity index (χ2v) is 7.06. The topological polar surface area (TPSA) is 97.4 Å². The summed E-state index contributed by atoms with van der Waals surface area (Å²) in [6.45, 7) is 4.60. The summed E-state index contributed by atoms with van der Waals surface area (Å²) in [6, 6.07) is 5.49. The van der Waals surface area contributed by atoms with Gasteiger partial charge in [0.25, 0.3) is 5.89 Å². The van der Waals surface area contributed by atoms with Crippen molar-refractivity contribution in [3.63, 3.8) is 0 Å². The minimum Gasteiger partial charge on any atom is -0.504 e. The summed E-state index contributed by atoms with van der Waals surface area (Å²) in [7, 11) is 1.56. The quantitative estimate of drug-likeness (QED) is 0.720. The summed E-state index contributed by atoms with van der Waals surface area (Å²) in [6.07, 6.45) is 5.28. The summed E-state index contributed by atoms with van der Waals surface area (Å²) in [5.41, 5.74) is 2.57. The van der Waals surface area contributed by atoms with Crippen LogP contribution in [-0.2, 0) is 6.54 Å². The van der Waals surface area contributed by atoms with Crippen LogP contribution in [0.5, 0.6) is 11.5 Å². The van der Waals surface area contributed by atoms with Gasteiger partial charge in [-0.25, -0.2) is 4.98 Å². The van der Waals surface area contributed by atoms with Gasteiger partial charge in [-0.05, 0) is 50.6 Å². The number of hydrogen-bond acceptors (Lipinski definition) is 8. The van der Waals surface area contributed by atoms with Crippen molar-refractivity contribution in [1.29, 1.82) is 0 Å². The summed E-state index contributed by atoms with van der Waals surface area (Å²) in [5, 5.41) is 13.9. The fourth-order valence-electron chi connectivity index (χ4n) is 3.44. The maximum absolute atomic E-state index is 9.73. The largest absolute Gasteiger partial charge is 0.504 e. The standard InChI is InChI=1S/C20H23N5O3/c1-13-10-22-16(11-21-13)20-23-19(24-28-20)15-5-7-25(8-6-15)12-14-3-4-17(26)18(9-14)27-2/h3-4,9-11,15,26H,5-8,12H2,1-2H3. The van der Waals surface area contributed by atoms with Gasteiger partial charge in [-0.2, -0.15) is 4.98 Å². The first-order valence-corrected chi connectivity index (χ1v) is 9.33. The van der Waals surface area contributed by atoms with Crippen LogP contribution in [0.15, 0.2) is 35.1 Å². The molecule has 28 heavy (non-hydrogen) atoms. The number of likely N-dealkylation sites (tertiary alicyclic amines) is 1. The molecule has 0 atom stereocenters. The lowest BCUT2D eigenvalue weighted by molar-refractivity contribution is 0.200. The van der Waals surface area contributed by atoms with E-state index in [4.69, 9.17) is 9.26 Å². The highest BCUT2D eigenvalue weighted by Crippen LogP contribution is 2.30. The maximum atomic E-state index is 9.73. The molecule has 8 nitrogen and oxygen atoms in total. The summed E-state index contributed by atoms with van der Waals surface area (Å²) >= 11 is 0. The molecule has 1 aliphatic rings. The Morgan fingerprint density at radius 3 is 2.75 bits per heavy atom. The summed E-state index contributed by atoms with van der Waals surface area (Å²) in [4.78, 5) is 15.4. The van der Waals surface area contributed by atoms with E-state index in [0.29, 0.717) is 17.3 Å². The molecule has 8 heteroatoms. The minimum absolute atomic E-state index is 0.163. The third-order valence-corrected chi connectivity index (χ3v) is 5.04. The molecule has 1 N–H and O–H groups in total. The van der Waals surface area contributed by atoms with Crippen LogP contribution < -0.4 is 4.74 Å². The lowest BCUT2D eigenvalue weighted by atomic mass is 9.96. The number of rotatable bonds is 5. The highest BCUT2D eigenvalue weighted by molar-refractivity contribution is 5.44. The van der Waals surface area contributed by atoms with E-state index in [1.165, 1.54) is 0 Å². The highest BCUT2D eigenvalue weighted by Gasteiger charge is 2.25. The average molecular weight is 381 g/mol. The summed E-state index contributed by atoms with van der Waals surface area (Å²) in [5.74, 6) is 2.10. The van der Waals surface area contributed by atoms with Crippen molar-refractivity contribution >= 4 is 0 Å². The Morgan fingerprint density at radius 2 is 2.04 bits per heavy atom. The fraction of sp³-hybridized carbons (Fsp3) is 0.400. The number of methoxy groups -OCH3 is 1. The molecule has 0 amide bonds. The molecule has 3 aromatic rings. The number of piperidine rings is 1. The molecule has 1 fully saturated rings. The van der Waals surface area contributed by atoms with E-state index in [0.717, 1.165) is 49.6 Å². The highest BCUT2D eigenvalue weighted by atomic mass is 16.5. The predicted molar refractivity (Wildman–Crippen MR) is 102 cm³/mol. The minimum atomic E-state index is 0.163. The van der Waals surface area contributed by atoms with Gasteiger partial charge in [0.2, 0.25) is 0 Å². The smallest absolute Gasteiger partial charge is 0.278 e. The van der Waals surface area contributed by atoms with Crippen molar-refractivity contribution in [3.8, 4) is 23.1 Å². The number of hydrogen-bond donors (Lipinski definition) is 1. The van der Waals surface area contributed by atoms with Gasteiger partial charge in [-0.3, -0.25) is 9.88 Å². The Kier molecular flexibility index (Phi) is 5.21. The lowest BCUT2D eigenvalue weighted by Gasteiger charge is -2.30. The van der Waals surface area contributed by atoms with E-state index in [1.54, 1.807) is 25.6 Å². The molecule has 4 rings (SSSR count). The number of aromatic hydroxyl groups is 1. The van der Waals surface area contributed by atoms with Crippen LogP contribution in [0.3, 0.4) is 0 Å². The van der Waals surface area contributed by atoms with Crippen molar-refractivity contribution in [1.82, 2.24) is 25.0 Å². The van der Waals surface area contributed by atoms with Crippen LogP contribution in [0, 0.1) is 6.92 Å². The third kappa shape index (κ3) is 3.96. The first-order valence-electron chi connectivity index (χ1n) is 9.33. The Bertz CT molecular complexity index is 933. The van der Waals surface area contributed by atoms with Gasteiger partial charge in [0, 0.05) is 18.7 Å². The van der Waals surface area contributed by atoms with Gasteiger partial charge in [0.05, 0.1) is 19.0 Å². The van der Waals surface area contributed by atoms with E-state index < -0.39 is 0 Å². The van der Waals surface area contributed by atoms with E-state index in [2.05, 4.69) is 25.0 Å². The molecule has 3 heterocycles. The molecule has 1 saturated heterocycles. The van der Waals surface area contributed by atoms with E-state index in [1.807, 2.05) is 19.1 Å². The van der Waals surface area contributed by atoms with Crippen molar-refractivity contribution < 1.29 is 14.4 Å². The second kappa shape index (κ2) is 7.93. The van der Waals surface area contributed by atoms with Crippen LogP contribution in [0.2, 0.25) is 0 Å². The van der Waals surface area contributed by atoms with Gasteiger partial charge < -0.3 is 14.4 Å². The zero-order valence-electron chi connectivity index (χ0n) is 16.0. The van der Waals surface area contributed by atoms with Crippen molar-refractivity contribution in [2.24, 2.45) is 0 Å². The number of phenolic OH excluding ortho intramolecular Hbond substituents is 1. The molecule has 0 bridgehead atoms. The molecule has 0 saturated carbocycles. The van der Waals surface area contributed by atoms with Gasteiger partial charge in [-0.1, -0.05) is 11.2 Å². The number of benzene rings is 1. The van der Waals surface area contributed by atoms with Crippen LogP contribution >= 0.6 is 0 Å². The predicted octanol–water partition coefficient (Wildman–Crippen LogP) is 2.93. The van der Waals surface area contributed by atoms with Crippen LogP contribution in [-0.4, -0.2) is 50.3 Å². The fourth-order valence-corrected chi connectivity index (χ4v) is 3.44. The Balaban J connectivity index is 1.36. The first kappa shape index (κ1) is 18.4. The number of ether oxygens (including phenoxy) is 1. The van der Waals surface area contributed by atoms with Crippen LogP contribution in [0.4, 0.5) is 0 Å². The lowest BCUT2D eigenvalue weighted by Crippen LogP contribution is -2.32. The molecular weight excluding hydrogens is 358 g/mol. The number of phenols is 1. The number of nitrogens with zero attached hydrogens (tertiary/aromatic N) is 5. The van der Waals surface area contributed by atoms with Crippen molar-refractivity contribution in [3.05, 3.63) is 47.7 Å². The van der Waals surface area contributed by atoms with Crippen molar-refractivity contribution in [2.45, 2.75) is 32.2 Å². The molecule has 0 spiro atoms. The maximum Gasteiger partial charge on any atom is 0.278 e. The molecule has 0 radical (unpaired) electrons. The normalized spacial score (nSPS) is 15.6. The monoisotopic (exact) mass is 381 g/mol. The first-order chi connectivity index (χ1) is 13.6. The molecule has 0 unspecified atom stereocenters. The SMILES string of the molecule is COc1cc(CN2CCC(c3noc(-c4cnc(C)cn4)n3)CC2)ccc1O. The van der Waals surface area contributed by atoms with E-state index in [-0.39, 0.29) is 11.7 Å². The molecule has 1 aliphatic heterocycles. The van der Waals surface area contributed by atoms with E-state index >= 15 is 0 Å². The number of aryl methyl sites for hydroxylation is 1.